The summed E-state index contributed by atoms with van der Waals surface area (Å²) in [7, 11) is -2.42. The number of aryl methyl sites for hydroxylation is 2. The van der Waals surface area contributed by atoms with E-state index < -0.39 is 16.2 Å². The maximum Gasteiger partial charge on any atom is 0.297 e. The van der Waals surface area contributed by atoms with Crippen LogP contribution in [0.1, 0.15) is 22.8 Å². The lowest BCUT2D eigenvalue weighted by molar-refractivity contribution is 0.109. The number of hydrogen-bond acceptors (Lipinski definition) is 5. The molecule has 5 nitrogen and oxygen atoms in total. The number of aliphatic hydroxyl groups is 1. The van der Waals surface area contributed by atoms with Crippen LogP contribution in [0.2, 0.25) is 0 Å². The summed E-state index contributed by atoms with van der Waals surface area (Å²) in [5.41, 5.74) is 2.38. The largest absolute Gasteiger partial charge is 0.496 e. The van der Waals surface area contributed by atoms with Gasteiger partial charge in [-0.3, -0.25) is 4.18 Å². The summed E-state index contributed by atoms with van der Waals surface area (Å²) >= 11 is 0. The minimum Gasteiger partial charge on any atom is -0.496 e. The molecule has 124 valence electrons. The zero-order valence-corrected chi connectivity index (χ0v) is 14.1. The third-order valence-electron chi connectivity index (χ3n) is 3.43. The third-order valence-corrected chi connectivity index (χ3v) is 4.73. The van der Waals surface area contributed by atoms with E-state index in [-0.39, 0.29) is 11.5 Å². The van der Waals surface area contributed by atoms with E-state index in [0.717, 1.165) is 11.1 Å². The summed E-state index contributed by atoms with van der Waals surface area (Å²) in [6, 6.07) is 11.6. The van der Waals surface area contributed by atoms with E-state index in [1.165, 1.54) is 19.2 Å². The van der Waals surface area contributed by atoms with Gasteiger partial charge in [0.25, 0.3) is 10.1 Å². The third kappa shape index (κ3) is 4.31. The summed E-state index contributed by atoms with van der Waals surface area (Å²) in [6.07, 6.45) is -1.11. The van der Waals surface area contributed by atoms with E-state index in [0.29, 0.717) is 11.3 Å². The molecule has 0 heterocycles. The first-order valence-electron chi connectivity index (χ1n) is 7.12. The highest BCUT2D eigenvalue weighted by Gasteiger charge is 2.20. The van der Waals surface area contributed by atoms with E-state index in [9.17, 15) is 13.5 Å². The lowest BCUT2D eigenvalue weighted by Crippen LogP contribution is -2.14. The fourth-order valence-electron chi connectivity index (χ4n) is 2.13. The monoisotopic (exact) mass is 336 g/mol. The molecule has 0 spiro atoms. The van der Waals surface area contributed by atoms with Gasteiger partial charge in [-0.15, -0.1) is 0 Å². The molecule has 23 heavy (non-hydrogen) atoms. The number of benzene rings is 2. The topological polar surface area (TPSA) is 72.8 Å². The van der Waals surface area contributed by atoms with Crippen LogP contribution in [-0.2, 0) is 14.3 Å². The van der Waals surface area contributed by atoms with Crippen LogP contribution in [0.25, 0.3) is 0 Å². The first-order chi connectivity index (χ1) is 10.8. The highest BCUT2D eigenvalue weighted by Crippen LogP contribution is 2.27. The second-order valence-electron chi connectivity index (χ2n) is 5.31. The molecule has 0 saturated carbocycles. The van der Waals surface area contributed by atoms with Crippen molar-refractivity contribution in [3.8, 4) is 5.75 Å². The van der Waals surface area contributed by atoms with Gasteiger partial charge in [0, 0.05) is 5.56 Å². The lowest BCUT2D eigenvalue weighted by atomic mass is 10.1. The van der Waals surface area contributed by atoms with Crippen molar-refractivity contribution < 1.29 is 22.4 Å². The van der Waals surface area contributed by atoms with Gasteiger partial charge in [-0.2, -0.15) is 8.42 Å². The van der Waals surface area contributed by atoms with Gasteiger partial charge in [-0.05, 0) is 38.1 Å². The van der Waals surface area contributed by atoms with Gasteiger partial charge in [0.15, 0.2) is 0 Å². The van der Waals surface area contributed by atoms with Crippen LogP contribution in [0, 0.1) is 13.8 Å². The molecule has 2 aromatic rings. The fraction of sp³-hybridized carbons (Fsp3) is 0.294. The Morgan fingerprint density at radius 2 is 1.65 bits per heavy atom. The number of hydrogen-bond donors (Lipinski definition) is 1. The first kappa shape index (κ1) is 17.5. The summed E-state index contributed by atoms with van der Waals surface area (Å²) in [6.45, 7) is 3.36. The Hall–Kier alpha value is -1.89. The van der Waals surface area contributed by atoms with Crippen LogP contribution in [0.15, 0.2) is 47.4 Å². The molecule has 0 aliphatic rings. The molecule has 1 N–H and O–H groups in total. The van der Waals surface area contributed by atoms with Crippen molar-refractivity contribution in [1.29, 1.82) is 0 Å². The first-order valence-corrected chi connectivity index (χ1v) is 8.53. The zero-order chi connectivity index (χ0) is 17.0. The Bertz CT molecular complexity index is 766. The summed E-state index contributed by atoms with van der Waals surface area (Å²) < 4.78 is 34.4. The Labute approximate surface area is 136 Å². The Morgan fingerprint density at radius 1 is 1.04 bits per heavy atom. The summed E-state index contributed by atoms with van der Waals surface area (Å²) in [4.78, 5) is 0.0616. The Morgan fingerprint density at radius 3 is 2.26 bits per heavy atom. The fourth-order valence-corrected chi connectivity index (χ4v) is 3.04. The van der Waals surface area contributed by atoms with Gasteiger partial charge >= 0.3 is 0 Å². The van der Waals surface area contributed by atoms with Crippen molar-refractivity contribution in [2.24, 2.45) is 0 Å². The second kappa shape index (κ2) is 7.12. The highest BCUT2D eigenvalue weighted by atomic mass is 32.2. The van der Waals surface area contributed by atoms with Crippen molar-refractivity contribution >= 4 is 10.1 Å². The van der Waals surface area contributed by atoms with Gasteiger partial charge in [-0.25, -0.2) is 0 Å². The van der Waals surface area contributed by atoms with Crippen molar-refractivity contribution in [3.63, 3.8) is 0 Å². The van der Waals surface area contributed by atoms with Gasteiger partial charge in [0.2, 0.25) is 0 Å². The Kier molecular flexibility index (Phi) is 5.41. The maximum absolute atomic E-state index is 12.1. The molecule has 2 aromatic carbocycles. The number of rotatable bonds is 6. The van der Waals surface area contributed by atoms with Gasteiger partial charge < -0.3 is 9.84 Å². The van der Waals surface area contributed by atoms with Crippen LogP contribution >= 0.6 is 0 Å². The van der Waals surface area contributed by atoms with Crippen molar-refractivity contribution in [2.45, 2.75) is 24.8 Å². The zero-order valence-electron chi connectivity index (χ0n) is 13.3. The molecule has 0 unspecified atom stereocenters. The predicted molar refractivity (Wildman–Crippen MR) is 87.0 cm³/mol. The molecule has 0 saturated heterocycles. The highest BCUT2D eigenvalue weighted by molar-refractivity contribution is 7.86. The van der Waals surface area contributed by atoms with E-state index in [1.807, 2.05) is 19.9 Å². The Balaban J connectivity index is 2.13. The van der Waals surface area contributed by atoms with Crippen LogP contribution in [-0.4, -0.2) is 27.2 Å². The van der Waals surface area contributed by atoms with E-state index in [1.54, 1.807) is 24.3 Å². The molecule has 1 atom stereocenters. The van der Waals surface area contributed by atoms with Crippen molar-refractivity contribution in [3.05, 3.63) is 59.2 Å². The molecule has 0 aliphatic carbocycles. The molecule has 0 fully saturated rings. The molecule has 0 amide bonds. The van der Waals surface area contributed by atoms with Crippen molar-refractivity contribution in [1.82, 2.24) is 0 Å². The van der Waals surface area contributed by atoms with Crippen LogP contribution in [0.4, 0.5) is 0 Å². The minimum absolute atomic E-state index is 0.0616. The molecule has 2 rings (SSSR count). The van der Waals surface area contributed by atoms with Gasteiger partial charge in [0.05, 0.1) is 18.6 Å². The summed E-state index contributed by atoms with van der Waals surface area (Å²) in [5.74, 6) is 0.486. The van der Waals surface area contributed by atoms with E-state index in [2.05, 4.69) is 0 Å². The van der Waals surface area contributed by atoms with Crippen LogP contribution < -0.4 is 4.74 Å². The SMILES string of the molecule is COc1ccc(C)cc1[C@@H](O)COS(=O)(=O)c1ccc(C)cc1. The smallest absolute Gasteiger partial charge is 0.297 e. The number of aliphatic hydroxyl groups excluding tert-OH is 1. The number of methoxy groups -OCH3 is 1. The lowest BCUT2D eigenvalue weighted by Gasteiger charge is -2.15. The van der Waals surface area contributed by atoms with E-state index >= 15 is 0 Å². The van der Waals surface area contributed by atoms with E-state index in [4.69, 9.17) is 8.92 Å². The molecule has 0 aliphatic heterocycles. The van der Waals surface area contributed by atoms with Gasteiger partial charge in [0.1, 0.15) is 11.9 Å². The van der Waals surface area contributed by atoms with Crippen LogP contribution in [0.3, 0.4) is 0 Å². The van der Waals surface area contributed by atoms with Crippen LogP contribution in [0.5, 0.6) is 5.75 Å². The second-order valence-corrected chi connectivity index (χ2v) is 6.93. The predicted octanol–water partition coefficient (Wildman–Crippen LogP) is 2.75. The molecular formula is C17H20O5S. The quantitative estimate of drug-likeness (QED) is 0.821. The average molecular weight is 336 g/mol. The van der Waals surface area contributed by atoms with Crippen molar-refractivity contribution in [2.75, 3.05) is 13.7 Å². The molecule has 0 bridgehead atoms. The summed E-state index contributed by atoms with van der Waals surface area (Å²) in [5, 5.41) is 10.2. The molecule has 6 heteroatoms. The van der Waals surface area contributed by atoms with Gasteiger partial charge in [-0.1, -0.05) is 29.3 Å². The average Bonchev–Trinajstić information content (AvgIpc) is 2.53. The molecule has 0 aromatic heterocycles. The molecular weight excluding hydrogens is 316 g/mol. The normalized spacial score (nSPS) is 12.9. The number of ether oxygens (including phenoxy) is 1. The maximum atomic E-state index is 12.1. The standard InChI is InChI=1S/C17H20O5S/c1-12-4-7-14(8-5-12)23(19,20)22-11-16(18)15-10-13(2)6-9-17(15)21-3/h4-10,16,18H,11H2,1-3H3/t16-/m0/s1. The molecule has 0 radical (unpaired) electrons. The minimum atomic E-state index is -3.91.